The van der Waals surface area contributed by atoms with Gasteiger partial charge in [-0.25, -0.2) is 0 Å². The van der Waals surface area contributed by atoms with Crippen molar-refractivity contribution in [2.75, 3.05) is 0 Å². The molecule has 0 N–H and O–H groups in total. The summed E-state index contributed by atoms with van der Waals surface area (Å²) in [5.41, 5.74) is 12.0. The van der Waals surface area contributed by atoms with Gasteiger partial charge < -0.3 is 18.3 Å². The van der Waals surface area contributed by atoms with Crippen molar-refractivity contribution in [3.63, 3.8) is 0 Å². The molecule has 1 aliphatic carbocycles. The molecule has 502 valence electrons. The summed E-state index contributed by atoms with van der Waals surface area (Å²) >= 11 is 0. The quantitative estimate of drug-likeness (QED) is 0.0803. The Labute approximate surface area is 614 Å². The van der Waals surface area contributed by atoms with Crippen molar-refractivity contribution in [3.05, 3.63) is 447 Å². The number of hydrogen-bond acceptors (Lipinski definition) is 4. The highest BCUT2D eigenvalue weighted by atomic mass is 31.2. The van der Waals surface area contributed by atoms with Gasteiger partial charge in [-0.05, 0) is 139 Å². The highest BCUT2D eigenvalue weighted by Crippen LogP contribution is 2.59. The largest absolute Gasteiger partial charge is 0.309 e. The number of rotatable bonds is 18. The second-order valence-electron chi connectivity index (χ2n) is 26.8. The summed E-state index contributed by atoms with van der Waals surface area (Å²) in [6.45, 7) is 0. The molecule has 8 heteroatoms. The Morgan fingerprint density at radius 3 is 0.543 bits per heavy atom. The molecule has 0 atom stereocenters. The molecule has 0 saturated carbocycles. The zero-order valence-corrected chi connectivity index (χ0v) is 60.9. The fourth-order valence-electron chi connectivity index (χ4n) is 15.8. The summed E-state index contributed by atoms with van der Waals surface area (Å²) in [6, 6.07) is 143. The van der Waals surface area contributed by atoms with Crippen LogP contribution in [0.4, 0.5) is 0 Å². The smallest absolute Gasteiger partial charge is 0.171 e. The Balaban J connectivity index is 0.967. The van der Waals surface area contributed by atoms with E-state index in [9.17, 15) is 0 Å². The minimum Gasteiger partial charge on any atom is -0.309 e. The first-order valence-corrected chi connectivity index (χ1v) is 42.2. The van der Waals surface area contributed by atoms with Gasteiger partial charge in [0.25, 0.3) is 0 Å². The van der Waals surface area contributed by atoms with Crippen molar-refractivity contribution >= 4 is 92.2 Å². The van der Waals surface area contributed by atoms with Crippen molar-refractivity contribution < 1.29 is 18.3 Å². The standard InChI is InChI=1S/C97H70O4P4/c98-102(81-37-9-1-10-38-81,82-39-11-2-12-40-82)89-53-29-33-71(67-89)75-61-76(72-34-30-54-90(68-72)103(99,83-41-13-3-14-42-83)84-43-15-4-16-44-84)64-79(63-75)97(95-59-27-25-57-93(95)94-58-26-28-60-96(94)97)80-65-77(73-35-31-55-91(69-73)104(100,85-45-17-5-18-46-85)86-47-19-6-20-48-86)62-78(66-80)74-36-32-56-92(70-74)105(101,87-49-21-7-22-50-87)88-51-23-8-24-52-88/h1-70H. The first kappa shape index (κ1) is 66.7. The third-order valence-corrected chi connectivity index (χ3v) is 33.0. The van der Waals surface area contributed by atoms with Crippen LogP contribution in [0, 0.1) is 0 Å². The molecule has 17 rings (SSSR count). The van der Waals surface area contributed by atoms with Crippen LogP contribution in [0.3, 0.4) is 0 Å². The number of hydrogen-bond donors (Lipinski definition) is 0. The van der Waals surface area contributed by atoms with Crippen LogP contribution in [0.25, 0.3) is 55.6 Å². The maximum Gasteiger partial charge on any atom is 0.171 e. The van der Waals surface area contributed by atoms with E-state index in [4.69, 9.17) is 0 Å². The maximum atomic E-state index is 16.5. The Hall–Kier alpha value is -11.6. The molecule has 0 heterocycles. The number of benzene rings is 16. The van der Waals surface area contributed by atoms with Gasteiger partial charge in [-0.3, -0.25) is 0 Å². The average molecular weight is 1420 g/mol. The van der Waals surface area contributed by atoms with E-state index in [-0.39, 0.29) is 0 Å². The predicted molar refractivity (Wildman–Crippen MR) is 443 cm³/mol. The molecule has 0 aliphatic heterocycles. The molecule has 1 aliphatic rings. The van der Waals surface area contributed by atoms with Gasteiger partial charge >= 0.3 is 0 Å². The Kier molecular flexibility index (Phi) is 17.7. The summed E-state index contributed by atoms with van der Waals surface area (Å²) in [5, 5.41) is 8.64. The van der Waals surface area contributed by atoms with E-state index in [1.165, 1.54) is 0 Å². The van der Waals surface area contributed by atoms with Crippen molar-refractivity contribution in [2.24, 2.45) is 0 Å². The molecule has 16 aromatic carbocycles. The lowest BCUT2D eigenvalue weighted by atomic mass is 9.66. The summed E-state index contributed by atoms with van der Waals surface area (Å²) in [6.07, 6.45) is 0. The minimum absolute atomic E-state index is 0.694. The molecule has 0 aromatic heterocycles. The van der Waals surface area contributed by atoms with Crippen molar-refractivity contribution in [1.82, 2.24) is 0 Å². The molecule has 16 aromatic rings. The van der Waals surface area contributed by atoms with Gasteiger partial charge in [-0.2, -0.15) is 0 Å². The van der Waals surface area contributed by atoms with Gasteiger partial charge in [0.05, 0.1) is 5.41 Å². The van der Waals surface area contributed by atoms with Crippen LogP contribution in [0.15, 0.2) is 425 Å². The van der Waals surface area contributed by atoms with Crippen molar-refractivity contribution in [2.45, 2.75) is 5.41 Å². The molecule has 0 bridgehead atoms. The molecular weight excluding hydrogens is 1350 g/mol. The molecule has 0 saturated heterocycles. The lowest BCUT2D eigenvalue weighted by molar-refractivity contribution is 0.591. The van der Waals surface area contributed by atoms with E-state index in [1.807, 2.05) is 291 Å². The Bertz CT molecular complexity index is 5230. The lowest BCUT2D eigenvalue weighted by Crippen LogP contribution is -2.29. The molecule has 0 unspecified atom stereocenters. The van der Waals surface area contributed by atoms with Gasteiger partial charge in [0.15, 0.2) is 28.6 Å². The lowest BCUT2D eigenvalue weighted by Gasteiger charge is -2.35. The highest BCUT2D eigenvalue weighted by Gasteiger charge is 2.47. The summed E-state index contributed by atoms with van der Waals surface area (Å²) in [4.78, 5) is 0. The summed E-state index contributed by atoms with van der Waals surface area (Å²) in [5.74, 6) is 0. The second kappa shape index (κ2) is 27.9. The Morgan fingerprint density at radius 1 is 0.152 bits per heavy atom. The van der Waals surface area contributed by atoms with Crippen LogP contribution in [-0.4, -0.2) is 0 Å². The van der Waals surface area contributed by atoms with E-state index < -0.39 is 34.0 Å². The average Bonchev–Trinajstić information content (AvgIpc) is 1.55. The molecule has 105 heavy (non-hydrogen) atoms. The molecule has 0 fully saturated rings. The predicted octanol–water partition coefficient (Wildman–Crippen LogP) is 19.3. The van der Waals surface area contributed by atoms with E-state index in [2.05, 4.69) is 133 Å². The van der Waals surface area contributed by atoms with Crippen LogP contribution in [0.1, 0.15) is 22.3 Å². The van der Waals surface area contributed by atoms with E-state index >= 15 is 18.3 Å². The fraction of sp³-hybridized carbons (Fsp3) is 0.0103. The first-order chi connectivity index (χ1) is 51.5. The maximum absolute atomic E-state index is 16.5. The molecule has 4 nitrogen and oxygen atoms in total. The van der Waals surface area contributed by atoms with E-state index in [1.54, 1.807) is 0 Å². The van der Waals surface area contributed by atoms with Crippen LogP contribution in [0.2, 0.25) is 0 Å². The fourth-order valence-corrected chi connectivity index (χ4v) is 26.6. The summed E-state index contributed by atoms with van der Waals surface area (Å²) < 4.78 is 66.1. The Morgan fingerprint density at radius 2 is 0.333 bits per heavy atom. The van der Waals surface area contributed by atoms with Crippen LogP contribution in [0.5, 0.6) is 0 Å². The zero-order chi connectivity index (χ0) is 71.0. The third-order valence-electron chi connectivity index (χ3n) is 20.8. The molecular formula is C97H70O4P4. The minimum atomic E-state index is -3.49. The molecule has 0 amide bonds. The third kappa shape index (κ3) is 11.7. The topological polar surface area (TPSA) is 68.3 Å². The van der Waals surface area contributed by atoms with Gasteiger partial charge in [-0.1, -0.05) is 364 Å². The zero-order valence-electron chi connectivity index (χ0n) is 57.3. The number of fused-ring (bicyclic) bond motifs is 3. The van der Waals surface area contributed by atoms with Crippen molar-refractivity contribution in [3.8, 4) is 55.6 Å². The molecule has 0 radical (unpaired) electrons. The second-order valence-corrected chi connectivity index (χ2v) is 37.8. The van der Waals surface area contributed by atoms with Crippen LogP contribution < -0.4 is 63.7 Å². The SMILES string of the molecule is O=P(c1ccccc1)(c1ccccc1)c1cccc(-c2cc(-c3cccc(P(=O)(c4ccccc4)c4ccccc4)c3)cc(C3(c4cc(-c5cccc(P(=O)(c6ccccc6)c6ccccc6)c5)cc(-c5cccc(P(=O)(c6ccccc6)c6ccccc6)c5)c4)c4ccccc4-c4ccccc43)c2)c1. The first-order valence-electron chi connectivity index (χ1n) is 35.4. The monoisotopic (exact) mass is 1420 g/mol. The summed E-state index contributed by atoms with van der Waals surface area (Å²) in [7, 11) is -14.0. The van der Waals surface area contributed by atoms with E-state index in [0.717, 1.165) is 120 Å². The van der Waals surface area contributed by atoms with Gasteiger partial charge in [0.1, 0.15) is 0 Å². The van der Waals surface area contributed by atoms with Gasteiger partial charge in [0, 0.05) is 63.7 Å². The molecule has 0 spiro atoms. The highest BCUT2D eigenvalue weighted by molar-refractivity contribution is 7.86. The van der Waals surface area contributed by atoms with Crippen LogP contribution >= 0.6 is 28.6 Å². The van der Waals surface area contributed by atoms with Gasteiger partial charge in [-0.15, -0.1) is 0 Å². The van der Waals surface area contributed by atoms with Crippen LogP contribution in [-0.2, 0) is 23.7 Å². The van der Waals surface area contributed by atoms with Gasteiger partial charge in [0.2, 0.25) is 0 Å². The van der Waals surface area contributed by atoms with E-state index in [0.29, 0.717) is 21.2 Å². The van der Waals surface area contributed by atoms with Crippen molar-refractivity contribution in [1.29, 1.82) is 0 Å². The normalized spacial score (nSPS) is 12.6.